The van der Waals surface area contributed by atoms with Crippen LogP contribution in [0.25, 0.3) is 10.8 Å². The van der Waals surface area contributed by atoms with Gasteiger partial charge in [0.25, 0.3) is 0 Å². The smallest absolute Gasteiger partial charge is 0.0534 e. The summed E-state index contributed by atoms with van der Waals surface area (Å²) in [5, 5.41) is 2.30. The molecule has 0 N–H and O–H groups in total. The van der Waals surface area contributed by atoms with E-state index in [1.54, 1.807) is 6.20 Å². The second kappa shape index (κ2) is 3.35. The van der Waals surface area contributed by atoms with E-state index >= 15 is 0 Å². The summed E-state index contributed by atoms with van der Waals surface area (Å²) < 4.78 is 0. The molecule has 0 aliphatic carbocycles. The number of rotatable bonds is 2. The van der Waals surface area contributed by atoms with E-state index in [1.807, 2.05) is 30.6 Å². The second-order valence-electron chi connectivity index (χ2n) is 2.85. The van der Waals surface area contributed by atoms with Crippen LogP contribution in [0.5, 0.6) is 0 Å². The fourth-order valence-corrected chi connectivity index (χ4v) is 1.37. The maximum absolute atomic E-state index is 4.29. The zero-order valence-corrected chi connectivity index (χ0v) is 7.27. The van der Waals surface area contributed by atoms with Crippen LogP contribution in [0.1, 0.15) is 5.69 Å². The van der Waals surface area contributed by atoms with Crippen LogP contribution in [0, 0.1) is 0 Å². The average molecular weight is 170 g/mol. The minimum absolute atomic E-state index is 0.795. The Morgan fingerprint density at radius 3 is 3.00 bits per heavy atom. The Labute approximate surface area is 77.0 Å². The first-order valence-corrected chi connectivity index (χ1v) is 4.20. The van der Waals surface area contributed by atoms with Crippen molar-refractivity contribution in [2.24, 2.45) is 0 Å². The van der Waals surface area contributed by atoms with Crippen molar-refractivity contribution in [2.75, 3.05) is 0 Å². The SMILES string of the molecule is C=CCc1nccc2ccncc12. The average Bonchev–Trinajstić information content (AvgIpc) is 2.19. The predicted molar refractivity (Wildman–Crippen MR) is 53.4 cm³/mol. The number of fused-ring (bicyclic) bond motifs is 1. The Bertz CT molecular complexity index is 430. The molecule has 2 aromatic heterocycles. The fourth-order valence-electron chi connectivity index (χ4n) is 1.37. The molecule has 0 atom stereocenters. The van der Waals surface area contributed by atoms with Gasteiger partial charge in [-0.15, -0.1) is 6.58 Å². The van der Waals surface area contributed by atoms with E-state index in [2.05, 4.69) is 16.5 Å². The van der Waals surface area contributed by atoms with Gasteiger partial charge in [-0.3, -0.25) is 9.97 Å². The van der Waals surface area contributed by atoms with Gasteiger partial charge in [0.2, 0.25) is 0 Å². The van der Waals surface area contributed by atoms with Gasteiger partial charge in [0.1, 0.15) is 0 Å². The van der Waals surface area contributed by atoms with Crippen LogP contribution in [0.2, 0.25) is 0 Å². The lowest BCUT2D eigenvalue weighted by Gasteiger charge is -2.01. The summed E-state index contributed by atoms with van der Waals surface area (Å²) in [6.45, 7) is 3.70. The third kappa shape index (κ3) is 1.43. The molecule has 0 aliphatic heterocycles. The second-order valence-corrected chi connectivity index (χ2v) is 2.85. The summed E-state index contributed by atoms with van der Waals surface area (Å²) in [7, 11) is 0. The highest BCUT2D eigenvalue weighted by molar-refractivity contribution is 5.83. The quantitative estimate of drug-likeness (QED) is 0.646. The van der Waals surface area contributed by atoms with Crippen LogP contribution in [0.4, 0.5) is 0 Å². The number of pyridine rings is 2. The molecule has 0 saturated heterocycles. The normalized spacial score (nSPS) is 10.2. The van der Waals surface area contributed by atoms with Crippen LogP contribution >= 0.6 is 0 Å². The van der Waals surface area contributed by atoms with E-state index in [4.69, 9.17) is 0 Å². The summed E-state index contributed by atoms with van der Waals surface area (Å²) in [5.41, 5.74) is 1.04. The number of hydrogen-bond acceptors (Lipinski definition) is 2. The van der Waals surface area contributed by atoms with Crippen molar-refractivity contribution >= 4 is 10.8 Å². The van der Waals surface area contributed by atoms with Crippen molar-refractivity contribution in [1.82, 2.24) is 9.97 Å². The van der Waals surface area contributed by atoms with Crippen molar-refractivity contribution in [3.63, 3.8) is 0 Å². The van der Waals surface area contributed by atoms with Crippen molar-refractivity contribution < 1.29 is 0 Å². The van der Waals surface area contributed by atoms with E-state index in [1.165, 1.54) is 5.39 Å². The monoisotopic (exact) mass is 170 g/mol. The highest BCUT2D eigenvalue weighted by Gasteiger charge is 1.98. The molecule has 2 aromatic rings. The first-order valence-electron chi connectivity index (χ1n) is 4.20. The molecular formula is C11H10N2. The lowest BCUT2D eigenvalue weighted by Crippen LogP contribution is -1.89. The molecule has 0 aromatic carbocycles. The summed E-state index contributed by atoms with van der Waals surface area (Å²) in [4.78, 5) is 8.37. The molecule has 64 valence electrons. The van der Waals surface area contributed by atoms with Crippen LogP contribution in [0.15, 0.2) is 43.4 Å². The highest BCUT2D eigenvalue weighted by atomic mass is 14.7. The Kier molecular flexibility index (Phi) is 2.04. The van der Waals surface area contributed by atoms with Gasteiger partial charge in [-0.05, 0) is 17.5 Å². The zero-order valence-electron chi connectivity index (χ0n) is 7.27. The van der Waals surface area contributed by atoms with Gasteiger partial charge in [-0.2, -0.15) is 0 Å². The van der Waals surface area contributed by atoms with Gasteiger partial charge >= 0.3 is 0 Å². The summed E-state index contributed by atoms with van der Waals surface area (Å²) in [6, 6.07) is 3.98. The van der Waals surface area contributed by atoms with Gasteiger partial charge in [-0.25, -0.2) is 0 Å². The molecule has 13 heavy (non-hydrogen) atoms. The van der Waals surface area contributed by atoms with E-state index < -0.39 is 0 Å². The molecule has 2 rings (SSSR count). The van der Waals surface area contributed by atoms with Crippen molar-refractivity contribution in [3.8, 4) is 0 Å². The van der Waals surface area contributed by atoms with Gasteiger partial charge in [0.15, 0.2) is 0 Å². The Hall–Kier alpha value is -1.70. The van der Waals surface area contributed by atoms with Crippen LogP contribution < -0.4 is 0 Å². The summed E-state index contributed by atoms with van der Waals surface area (Å²) in [5.74, 6) is 0. The summed E-state index contributed by atoms with van der Waals surface area (Å²) >= 11 is 0. The third-order valence-corrected chi connectivity index (χ3v) is 1.99. The first kappa shape index (κ1) is 7.92. The summed E-state index contributed by atoms with van der Waals surface area (Å²) in [6.07, 6.45) is 8.11. The van der Waals surface area contributed by atoms with E-state index in [0.717, 1.165) is 17.5 Å². The standard InChI is InChI=1S/C11H10N2/c1-2-3-11-10-8-12-6-4-9(10)5-7-13-11/h2,4-8H,1,3H2. The number of allylic oxidation sites excluding steroid dienone is 1. The molecule has 0 aliphatic rings. The minimum atomic E-state index is 0.795. The number of hydrogen-bond donors (Lipinski definition) is 0. The van der Waals surface area contributed by atoms with E-state index in [-0.39, 0.29) is 0 Å². The molecule has 0 bridgehead atoms. The lowest BCUT2D eigenvalue weighted by atomic mass is 10.1. The van der Waals surface area contributed by atoms with Crippen molar-refractivity contribution in [3.05, 3.63) is 49.1 Å². The van der Waals surface area contributed by atoms with Gasteiger partial charge in [0.05, 0.1) is 5.69 Å². The zero-order chi connectivity index (χ0) is 9.10. The molecule has 0 saturated carbocycles. The van der Waals surface area contributed by atoms with Crippen molar-refractivity contribution in [1.29, 1.82) is 0 Å². The molecule has 2 heteroatoms. The topological polar surface area (TPSA) is 25.8 Å². The van der Waals surface area contributed by atoms with Gasteiger partial charge < -0.3 is 0 Å². The molecule has 0 unspecified atom stereocenters. The molecule has 2 heterocycles. The fraction of sp³-hybridized carbons (Fsp3) is 0.0909. The lowest BCUT2D eigenvalue weighted by molar-refractivity contribution is 1.13. The van der Waals surface area contributed by atoms with Crippen LogP contribution in [-0.2, 0) is 6.42 Å². The van der Waals surface area contributed by atoms with E-state index in [9.17, 15) is 0 Å². The molecule has 0 fully saturated rings. The third-order valence-electron chi connectivity index (χ3n) is 1.99. The first-order chi connectivity index (χ1) is 6.42. The predicted octanol–water partition coefficient (Wildman–Crippen LogP) is 2.36. The van der Waals surface area contributed by atoms with E-state index in [0.29, 0.717) is 0 Å². The maximum Gasteiger partial charge on any atom is 0.0534 e. The van der Waals surface area contributed by atoms with Crippen LogP contribution in [0.3, 0.4) is 0 Å². The Morgan fingerprint density at radius 1 is 1.31 bits per heavy atom. The maximum atomic E-state index is 4.29. The van der Waals surface area contributed by atoms with Crippen LogP contribution in [-0.4, -0.2) is 9.97 Å². The number of aromatic nitrogens is 2. The molecule has 2 nitrogen and oxygen atoms in total. The Morgan fingerprint density at radius 2 is 2.15 bits per heavy atom. The largest absolute Gasteiger partial charge is 0.264 e. The molecular weight excluding hydrogens is 160 g/mol. The molecule has 0 amide bonds. The van der Waals surface area contributed by atoms with Crippen molar-refractivity contribution in [2.45, 2.75) is 6.42 Å². The minimum Gasteiger partial charge on any atom is -0.264 e. The highest BCUT2D eigenvalue weighted by Crippen LogP contribution is 2.15. The van der Waals surface area contributed by atoms with Gasteiger partial charge in [0, 0.05) is 30.4 Å². The molecule has 0 radical (unpaired) electrons. The Balaban J connectivity index is 2.68. The van der Waals surface area contributed by atoms with Gasteiger partial charge in [-0.1, -0.05) is 6.08 Å². The molecule has 0 spiro atoms. The number of nitrogens with zero attached hydrogens (tertiary/aromatic N) is 2.